The van der Waals surface area contributed by atoms with Gasteiger partial charge in [0.25, 0.3) is 5.91 Å². The molecule has 0 saturated heterocycles. The number of rotatable bonds is 5. The summed E-state index contributed by atoms with van der Waals surface area (Å²) in [4.78, 5) is 16.6. The summed E-state index contributed by atoms with van der Waals surface area (Å²) < 4.78 is 13.7. The standard InChI is InChI=1S/C17H19FN2O2S/c1-2-23-14-5-6-17(14,22)10-20-16(21)13-9-12(18)8-11-4-3-7-19-15(11)13/h3-4,7-9,14,22H,2,5-6,10H2,1H3,(H,20,21)/t14-,17-/m0/s1. The number of halogens is 1. The predicted octanol–water partition coefficient (Wildman–Crippen LogP) is 2.75. The maximum atomic E-state index is 13.7. The van der Waals surface area contributed by atoms with Crippen molar-refractivity contribution in [2.75, 3.05) is 12.3 Å². The number of hydrogen-bond donors (Lipinski definition) is 2. The second-order valence-corrected chi connectivity index (χ2v) is 7.28. The van der Waals surface area contributed by atoms with Gasteiger partial charge in [-0.2, -0.15) is 11.8 Å². The molecule has 0 spiro atoms. The molecule has 1 amide bonds. The van der Waals surface area contributed by atoms with Crippen LogP contribution in [0.3, 0.4) is 0 Å². The van der Waals surface area contributed by atoms with Gasteiger partial charge in [-0.1, -0.05) is 13.0 Å². The van der Waals surface area contributed by atoms with E-state index in [-0.39, 0.29) is 17.4 Å². The average Bonchev–Trinajstić information content (AvgIpc) is 2.55. The van der Waals surface area contributed by atoms with Crippen molar-refractivity contribution in [3.05, 3.63) is 41.8 Å². The normalized spacial score (nSPS) is 23.5. The van der Waals surface area contributed by atoms with E-state index in [9.17, 15) is 14.3 Å². The minimum Gasteiger partial charge on any atom is -0.387 e. The molecule has 2 atom stereocenters. The molecule has 0 bridgehead atoms. The number of benzene rings is 1. The first-order valence-corrected chi connectivity index (χ1v) is 8.75. The van der Waals surface area contributed by atoms with E-state index in [2.05, 4.69) is 10.3 Å². The van der Waals surface area contributed by atoms with Gasteiger partial charge >= 0.3 is 0 Å². The molecule has 1 heterocycles. The molecule has 0 radical (unpaired) electrons. The summed E-state index contributed by atoms with van der Waals surface area (Å²) in [5, 5.41) is 14.0. The third-order valence-electron chi connectivity index (χ3n) is 4.28. The second-order valence-electron chi connectivity index (χ2n) is 5.80. The second kappa shape index (κ2) is 6.45. The first-order valence-electron chi connectivity index (χ1n) is 7.70. The quantitative estimate of drug-likeness (QED) is 0.883. The highest BCUT2D eigenvalue weighted by atomic mass is 32.2. The average molecular weight is 334 g/mol. The van der Waals surface area contributed by atoms with Crippen LogP contribution in [0.25, 0.3) is 10.9 Å². The molecule has 1 fully saturated rings. The van der Waals surface area contributed by atoms with Gasteiger partial charge in [0.15, 0.2) is 0 Å². The molecule has 6 heteroatoms. The van der Waals surface area contributed by atoms with Crippen molar-refractivity contribution in [3.8, 4) is 0 Å². The summed E-state index contributed by atoms with van der Waals surface area (Å²) >= 11 is 1.70. The first kappa shape index (κ1) is 16.2. The van der Waals surface area contributed by atoms with Crippen molar-refractivity contribution in [3.63, 3.8) is 0 Å². The van der Waals surface area contributed by atoms with E-state index in [0.717, 1.165) is 12.2 Å². The van der Waals surface area contributed by atoms with Gasteiger partial charge < -0.3 is 10.4 Å². The van der Waals surface area contributed by atoms with Crippen LogP contribution >= 0.6 is 11.8 Å². The lowest BCUT2D eigenvalue weighted by Crippen LogP contribution is -2.57. The van der Waals surface area contributed by atoms with Crippen LogP contribution < -0.4 is 5.32 Å². The van der Waals surface area contributed by atoms with Crippen LogP contribution in [0.5, 0.6) is 0 Å². The van der Waals surface area contributed by atoms with Crippen molar-refractivity contribution >= 4 is 28.6 Å². The van der Waals surface area contributed by atoms with Gasteiger partial charge in [-0.15, -0.1) is 0 Å². The van der Waals surface area contributed by atoms with Crippen LogP contribution in [0.15, 0.2) is 30.5 Å². The molecule has 23 heavy (non-hydrogen) atoms. The Morgan fingerprint density at radius 1 is 1.57 bits per heavy atom. The number of hydrogen-bond acceptors (Lipinski definition) is 4. The van der Waals surface area contributed by atoms with Crippen molar-refractivity contribution in [2.45, 2.75) is 30.6 Å². The predicted molar refractivity (Wildman–Crippen MR) is 90.1 cm³/mol. The molecule has 122 valence electrons. The molecule has 0 aliphatic heterocycles. The van der Waals surface area contributed by atoms with Crippen LogP contribution in [-0.2, 0) is 0 Å². The molecule has 0 unspecified atom stereocenters. The number of carbonyl (C=O) groups is 1. The number of nitrogens with one attached hydrogen (secondary N) is 1. The first-order chi connectivity index (χ1) is 11.0. The van der Waals surface area contributed by atoms with Gasteiger partial charge in [-0.3, -0.25) is 9.78 Å². The molecule has 4 nitrogen and oxygen atoms in total. The highest BCUT2D eigenvalue weighted by Gasteiger charge is 2.45. The fraction of sp³-hybridized carbons (Fsp3) is 0.412. The van der Waals surface area contributed by atoms with Crippen LogP contribution in [0, 0.1) is 5.82 Å². The Kier molecular flexibility index (Phi) is 4.55. The van der Waals surface area contributed by atoms with Crippen molar-refractivity contribution in [2.24, 2.45) is 0 Å². The van der Waals surface area contributed by atoms with Gasteiger partial charge in [0.2, 0.25) is 0 Å². The van der Waals surface area contributed by atoms with E-state index in [1.54, 1.807) is 30.1 Å². The highest BCUT2D eigenvalue weighted by molar-refractivity contribution is 8.00. The minimum absolute atomic E-state index is 0.148. The molecule has 1 aliphatic carbocycles. The lowest BCUT2D eigenvalue weighted by atomic mass is 9.79. The highest BCUT2D eigenvalue weighted by Crippen LogP contribution is 2.40. The lowest BCUT2D eigenvalue weighted by Gasteiger charge is -2.45. The summed E-state index contributed by atoms with van der Waals surface area (Å²) in [6, 6.07) is 5.96. The number of aromatic nitrogens is 1. The molecule has 2 N–H and O–H groups in total. The molecule has 1 aromatic carbocycles. The zero-order valence-corrected chi connectivity index (χ0v) is 13.7. The van der Waals surface area contributed by atoms with E-state index in [4.69, 9.17) is 0 Å². The zero-order valence-electron chi connectivity index (χ0n) is 12.9. The largest absolute Gasteiger partial charge is 0.387 e. The number of aliphatic hydroxyl groups is 1. The number of amides is 1. The molecule has 2 aromatic rings. The van der Waals surface area contributed by atoms with E-state index in [0.29, 0.717) is 17.3 Å². The van der Waals surface area contributed by atoms with E-state index in [1.165, 1.54) is 12.1 Å². The van der Waals surface area contributed by atoms with Gasteiger partial charge in [0.1, 0.15) is 5.82 Å². The van der Waals surface area contributed by atoms with E-state index >= 15 is 0 Å². The lowest BCUT2D eigenvalue weighted by molar-refractivity contribution is -0.0221. The van der Waals surface area contributed by atoms with Crippen LogP contribution in [-0.4, -0.2) is 39.1 Å². The number of pyridine rings is 1. The number of carbonyl (C=O) groups excluding carboxylic acids is 1. The van der Waals surface area contributed by atoms with Gasteiger partial charge in [0.05, 0.1) is 16.7 Å². The fourth-order valence-corrected chi connectivity index (χ4v) is 4.09. The molecular formula is C17H19FN2O2S. The minimum atomic E-state index is -0.868. The van der Waals surface area contributed by atoms with Crippen molar-refractivity contribution in [1.82, 2.24) is 10.3 Å². The summed E-state index contributed by atoms with van der Waals surface area (Å²) in [5.74, 6) is 0.0468. The number of fused-ring (bicyclic) bond motifs is 1. The van der Waals surface area contributed by atoms with E-state index in [1.807, 2.05) is 6.92 Å². The van der Waals surface area contributed by atoms with Crippen LogP contribution in [0.2, 0.25) is 0 Å². The zero-order chi connectivity index (χ0) is 16.4. The van der Waals surface area contributed by atoms with Gasteiger partial charge in [0, 0.05) is 23.4 Å². The SMILES string of the molecule is CCS[C@H]1CC[C@]1(O)CNC(=O)c1cc(F)cc2cccnc12. The van der Waals surface area contributed by atoms with Gasteiger partial charge in [-0.05, 0) is 36.8 Å². The summed E-state index contributed by atoms with van der Waals surface area (Å²) in [7, 11) is 0. The van der Waals surface area contributed by atoms with E-state index < -0.39 is 17.3 Å². The Balaban J connectivity index is 1.77. The Morgan fingerprint density at radius 2 is 2.39 bits per heavy atom. The van der Waals surface area contributed by atoms with Crippen LogP contribution in [0.4, 0.5) is 4.39 Å². The third-order valence-corrected chi connectivity index (χ3v) is 5.69. The number of nitrogens with zero attached hydrogens (tertiary/aromatic N) is 1. The molecule has 3 rings (SSSR count). The number of thioether (sulfide) groups is 1. The Bertz CT molecular complexity index is 740. The van der Waals surface area contributed by atoms with Crippen molar-refractivity contribution in [1.29, 1.82) is 0 Å². The summed E-state index contributed by atoms with van der Waals surface area (Å²) in [6.45, 7) is 2.22. The molecule has 1 aliphatic rings. The van der Waals surface area contributed by atoms with Crippen molar-refractivity contribution < 1.29 is 14.3 Å². The summed E-state index contributed by atoms with van der Waals surface area (Å²) in [5.41, 5.74) is -0.206. The fourth-order valence-electron chi connectivity index (χ4n) is 2.89. The molecular weight excluding hydrogens is 315 g/mol. The Hall–Kier alpha value is -1.66. The maximum Gasteiger partial charge on any atom is 0.253 e. The molecule has 1 saturated carbocycles. The Morgan fingerprint density at radius 3 is 3.09 bits per heavy atom. The monoisotopic (exact) mass is 334 g/mol. The van der Waals surface area contributed by atoms with Gasteiger partial charge in [-0.25, -0.2) is 4.39 Å². The topological polar surface area (TPSA) is 62.2 Å². The van der Waals surface area contributed by atoms with Crippen LogP contribution in [0.1, 0.15) is 30.1 Å². The Labute approximate surface area is 138 Å². The summed E-state index contributed by atoms with van der Waals surface area (Å²) in [6.07, 6.45) is 3.20. The maximum absolute atomic E-state index is 13.7. The smallest absolute Gasteiger partial charge is 0.253 e. The third kappa shape index (κ3) is 3.19. The molecule has 1 aromatic heterocycles.